The zero-order chi connectivity index (χ0) is 14.5. The average molecular weight is 270 g/mol. The van der Waals surface area contributed by atoms with Crippen molar-refractivity contribution in [2.45, 2.75) is 6.92 Å². The Hall–Kier alpha value is -2.69. The lowest BCUT2D eigenvalue weighted by Gasteiger charge is -2.05. The Morgan fingerprint density at radius 2 is 1.70 bits per heavy atom. The first-order chi connectivity index (χ1) is 9.60. The van der Waals surface area contributed by atoms with E-state index in [0.717, 1.165) is 11.1 Å². The van der Waals surface area contributed by atoms with Gasteiger partial charge in [-0.2, -0.15) is 0 Å². The zero-order valence-corrected chi connectivity index (χ0v) is 11.2. The van der Waals surface area contributed by atoms with Crippen LogP contribution in [0.1, 0.15) is 17.3 Å². The number of carbonyl (C=O) groups excluding carboxylic acids is 2. The molecule has 20 heavy (non-hydrogen) atoms. The molecule has 0 radical (unpaired) electrons. The highest BCUT2D eigenvalue weighted by Crippen LogP contribution is 2.20. The molecule has 1 amide bonds. The molecule has 1 aromatic carbocycles. The highest BCUT2D eigenvalue weighted by atomic mass is 16.5. The van der Waals surface area contributed by atoms with Gasteiger partial charge in [0.05, 0.1) is 12.7 Å². The second kappa shape index (κ2) is 5.97. The van der Waals surface area contributed by atoms with Crippen LogP contribution in [0, 0.1) is 0 Å². The molecule has 0 fully saturated rings. The van der Waals surface area contributed by atoms with Crippen LogP contribution in [0.25, 0.3) is 11.1 Å². The topological polar surface area (TPSA) is 68.3 Å². The minimum atomic E-state index is -0.365. The van der Waals surface area contributed by atoms with Gasteiger partial charge < -0.3 is 10.1 Å². The van der Waals surface area contributed by atoms with E-state index in [1.54, 1.807) is 24.4 Å². The molecular weight excluding hydrogens is 256 g/mol. The highest BCUT2D eigenvalue weighted by Gasteiger charge is 2.05. The third-order valence-electron chi connectivity index (χ3n) is 2.71. The Bertz CT molecular complexity index is 619. The molecule has 0 atom stereocenters. The molecule has 0 saturated heterocycles. The Balaban J connectivity index is 2.19. The Kier molecular flexibility index (Phi) is 4.10. The lowest BCUT2D eigenvalue weighted by atomic mass is 10.1. The Morgan fingerprint density at radius 3 is 2.20 bits per heavy atom. The van der Waals surface area contributed by atoms with Crippen LogP contribution in [0.2, 0.25) is 0 Å². The predicted octanol–water partition coefficient (Wildman–Crippen LogP) is 2.49. The fourth-order valence-corrected chi connectivity index (χ4v) is 1.74. The van der Waals surface area contributed by atoms with Crippen molar-refractivity contribution in [2.24, 2.45) is 0 Å². The molecule has 5 heteroatoms. The standard InChI is InChI=1S/C15H14N2O3/c1-10(18)17-14-8-7-13(9-16-14)11-3-5-12(6-4-11)15(19)20-2/h3-9H,1-2H3,(H,16,17,18). The normalized spacial score (nSPS) is 9.90. The van der Waals surface area contributed by atoms with E-state index in [-0.39, 0.29) is 11.9 Å². The van der Waals surface area contributed by atoms with Gasteiger partial charge in [-0.05, 0) is 29.8 Å². The van der Waals surface area contributed by atoms with Crippen molar-refractivity contribution < 1.29 is 14.3 Å². The summed E-state index contributed by atoms with van der Waals surface area (Å²) in [6.45, 7) is 1.43. The fraction of sp³-hybridized carbons (Fsp3) is 0.133. The molecule has 0 aliphatic carbocycles. The number of rotatable bonds is 3. The summed E-state index contributed by atoms with van der Waals surface area (Å²) in [5.41, 5.74) is 2.33. The van der Waals surface area contributed by atoms with Gasteiger partial charge in [-0.3, -0.25) is 4.79 Å². The van der Waals surface area contributed by atoms with Crippen molar-refractivity contribution in [3.63, 3.8) is 0 Å². The molecule has 0 unspecified atom stereocenters. The van der Waals surface area contributed by atoms with Gasteiger partial charge in [0.1, 0.15) is 5.82 Å². The second-order valence-corrected chi connectivity index (χ2v) is 4.18. The fourth-order valence-electron chi connectivity index (χ4n) is 1.74. The third-order valence-corrected chi connectivity index (χ3v) is 2.71. The molecule has 0 aliphatic rings. The number of methoxy groups -OCH3 is 1. The van der Waals surface area contributed by atoms with Crippen molar-refractivity contribution in [2.75, 3.05) is 12.4 Å². The molecule has 0 spiro atoms. The third kappa shape index (κ3) is 3.20. The van der Waals surface area contributed by atoms with Crippen LogP contribution in [0.3, 0.4) is 0 Å². The summed E-state index contributed by atoms with van der Waals surface area (Å²) >= 11 is 0. The van der Waals surface area contributed by atoms with Gasteiger partial charge >= 0.3 is 5.97 Å². The van der Waals surface area contributed by atoms with Gasteiger partial charge in [0.2, 0.25) is 5.91 Å². The van der Waals surface area contributed by atoms with E-state index in [1.807, 2.05) is 18.2 Å². The first kappa shape index (κ1) is 13.7. The van der Waals surface area contributed by atoms with Crippen LogP contribution in [0.4, 0.5) is 5.82 Å². The number of nitrogens with one attached hydrogen (secondary N) is 1. The summed E-state index contributed by atoms with van der Waals surface area (Å²) in [5.74, 6) is -0.0178. The maximum absolute atomic E-state index is 11.3. The molecule has 0 bridgehead atoms. The SMILES string of the molecule is COC(=O)c1ccc(-c2ccc(NC(C)=O)nc2)cc1. The largest absolute Gasteiger partial charge is 0.465 e. The number of pyridine rings is 1. The maximum Gasteiger partial charge on any atom is 0.337 e. The molecule has 0 saturated carbocycles. The van der Waals surface area contributed by atoms with Crippen LogP contribution in [0.5, 0.6) is 0 Å². The molecule has 2 rings (SSSR count). The number of anilines is 1. The number of nitrogens with zero attached hydrogens (tertiary/aromatic N) is 1. The molecule has 1 aromatic heterocycles. The zero-order valence-electron chi connectivity index (χ0n) is 11.2. The Morgan fingerprint density at radius 1 is 1.05 bits per heavy atom. The van der Waals surface area contributed by atoms with E-state index in [0.29, 0.717) is 11.4 Å². The summed E-state index contributed by atoms with van der Waals surface area (Å²) in [7, 11) is 1.35. The van der Waals surface area contributed by atoms with E-state index in [1.165, 1.54) is 14.0 Å². The van der Waals surface area contributed by atoms with Crippen LogP contribution in [-0.2, 0) is 9.53 Å². The van der Waals surface area contributed by atoms with Gasteiger partial charge in [0, 0.05) is 18.7 Å². The average Bonchev–Trinajstić information content (AvgIpc) is 2.47. The minimum absolute atomic E-state index is 0.160. The molecule has 2 aromatic rings. The lowest BCUT2D eigenvalue weighted by Crippen LogP contribution is -2.06. The first-order valence-electron chi connectivity index (χ1n) is 6.02. The number of aromatic nitrogens is 1. The molecule has 1 N–H and O–H groups in total. The van der Waals surface area contributed by atoms with Crippen molar-refractivity contribution in [3.05, 3.63) is 48.2 Å². The van der Waals surface area contributed by atoms with Gasteiger partial charge in [0.25, 0.3) is 0 Å². The van der Waals surface area contributed by atoms with Crippen LogP contribution < -0.4 is 5.32 Å². The highest BCUT2D eigenvalue weighted by molar-refractivity contribution is 5.90. The lowest BCUT2D eigenvalue weighted by molar-refractivity contribution is -0.114. The smallest absolute Gasteiger partial charge is 0.337 e. The van der Waals surface area contributed by atoms with Crippen molar-refractivity contribution in [1.29, 1.82) is 0 Å². The number of esters is 1. The Labute approximate surface area is 116 Å². The van der Waals surface area contributed by atoms with Crippen molar-refractivity contribution >= 4 is 17.7 Å². The summed E-state index contributed by atoms with van der Waals surface area (Å²) in [6, 6.07) is 10.6. The first-order valence-corrected chi connectivity index (χ1v) is 6.02. The minimum Gasteiger partial charge on any atom is -0.465 e. The monoisotopic (exact) mass is 270 g/mol. The number of benzene rings is 1. The predicted molar refractivity (Wildman–Crippen MR) is 75.3 cm³/mol. The van der Waals surface area contributed by atoms with Gasteiger partial charge in [-0.15, -0.1) is 0 Å². The molecule has 5 nitrogen and oxygen atoms in total. The molecule has 0 aliphatic heterocycles. The van der Waals surface area contributed by atoms with E-state index >= 15 is 0 Å². The molecular formula is C15H14N2O3. The van der Waals surface area contributed by atoms with Crippen LogP contribution in [0.15, 0.2) is 42.6 Å². The molecule has 1 heterocycles. The van der Waals surface area contributed by atoms with Gasteiger partial charge in [0.15, 0.2) is 0 Å². The second-order valence-electron chi connectivity index (χ2n) is 4.18. The van der Waals surface area contributed by atoms with Crippen LogP contribution in [-0.4, -0.2) is 24.0 Å². The summed E-state index contributed by atoms with van der Waals surface area (Å²) < 4.78 is 4.64. The van der Waals surface area contributed by atoms with Crippen molar-refractivity contribution in [3.8, 4) is 11.1 Å². The van der Waals surface area contributed by atoms with Gasteiger partial charge in [-0.1, -0.05) is 12.1 Å². The van der Waals surface area contributed by atoms with Crippen molar-refractivity contribution in [1.82, 2.24) is 4.98 Å². The van der Waals surface area contributed by atoms with E-state index in [4.69, 9.17) is 0 Å². The van der Waals surface area contributed by atoms with Crippen LogP contribution >= 0.6 is 0 Å². The van der Waals surface area contributed by atoms with Gasteiger partial charge in [-0.25, -0.2) is 9.78 Å². The quantitative estimate of drug-likeness (QED) is 0.870. The maximum atomic E-state index is 11.3. The summed E-state index contributed by atoms with van der Waals surface area (Å²) in [5, 5.41) is 2.60. The number of hydrogen-bond donors (Lipinski definition) is 1. The number of ether oxygens (including phenoxy) is 1. The summed E-state index contributed by atoms with van der Waals surface area (Å²) in [4.78, 5) is 26.4. The molecule has 102 valence electrons. The number of amides is 1. The van der Waals surface area contributed by atoms with E-state index in [9.17, 15) is 9.59 Å². The summed E-state index contributed by atoms with van der Waals surface area (Å²) in [6.07, 6.45) is 1.67. The van der Waals surface area contributed by atoms with E-state index < -0.39 is 0 Å². The van der Waals surface area contributed by atoms with E-state index in [2.05, 4.69) is 15.0 Å². The number of hydrogen-bond acceptors (Lipinski definition) is 4. The number of carbonyl (C=O) groups is 2.